The second-order valence-corrected chi connectivity index (χ2v) is 3.75. The minimum atomic E-state index is -0.791. The molecule has 0 fully saturated rings. The van der Waals surface area contributed by atoms with Gasteiger partial charge in [-0.3, -0.25) is 4.79 Å². The summed E-state index contributed by atoms with van der Waals surface area (Å²) in [7, 11) is 0. The normalized spacial score (nSPS) is 11.5. The fourth-order valence-electron chi connectivity index (χ4n) is 1.47. The first-order valence-electron chi connectivity index (χ1n) is 5.50. The molecule has 1 heterocycles. The molecule has 1 unspecified atom stereocenters. The molecular weight excluding hydrogens is 218 g/mol. The van der Waals surface area contributed by atoms with Crippen LogP contribution in [0, 0.1) is 17.2 Å². The number of anilines is 1. The maximum absolute atomic E-state index is 10.9. The summed E-state index contributed by atoms with van der Waals surface area (Å²) < 4.78 is 0. The minimum absolute atomic E-state index is 0.346. The largest absolute Gasteiger partial charge is 0.481 e. The Morgan fingerprint density at radius 1 is 1.65 bits per heavy atom. The summed E-state index contributed by atoms with van der Waals surface area (Å²) in [5, 5.41) is 20.6. The molecule has 2 N–H and O–H groups in total. The first kappa shape index (κ1) is 13.0. The van der Waals surface area contributed by atoms with Crippen molar-refractivity contribution in [3.8, 4) is 6.07 Å². The van der Waals surface area contributed by atoms with Crippen LogP contribution < -0.4 is 5.32 Å². The fraction of sp³-hybridized carbons (Fsp3) is 0.417. The van der Waals surface area contributed by atoms with E-state index in [0.717, 1.165) is 12.1 Å². The topological polar surface area (TPSA) is 86.0 Å². The first-order chi connectivity index (χ1) is 8.17. The standard InChI is InChI=1S/C12H15N3O2/c1-2-3-9(12(16)17)7-14-11-5-4-10(6-13)15-8-11/h4-5,8-9,14H,2-3,7H2,1H3,(H,16,17). The van der Waals surface area contributed by atoms with Crippen LogP contribution in [0.15, 0.2) is 18.3 Å². The number of nitrogens with one attached hydrogen (secondary N) is 1. The zero-order valence-corrected chi connectivity index (χ0v) is 9.68. The van der Waals surface area contributed by atoms with E-state index < -0.39 is 11.9 Å². The van der Waals surface area contributed by atoms with Crippen molar-refractivity contribution in [3.63, 3.8) is 0 Å². The van der Waals surface area contributed by atoms with E-state index in [1.807, 2.05) is 13.0 Å². The van der Waals surface area contributed by atoms with Crippen LogP contribution in [0.3, 0.4) is 0 Å². The number of hydrogen-bond donors (Lipinski definition) is 2. The number of carboxylic acids is 1. The van der Waals surface area contributed by atoms with Gasteiger partial charge < -0.3 is 10.4 Å². The van der Waals surface area contributed by atoms with Gasteiger partial charge in [-0.05, 0) is 18.6 Å². The van der Waals surface area contributed by atoms with E-state index in [1.165, 1.54) is 6.20 Å². The molecule has 0 spiro atoms. The Labute approximate surface area is 100 Å². The zero-order valence-electron chi connectivity index (χ0n) is 9.68. The third-order valence-corrected chi connectivity index (χ3v) is 2.42. The lowest BCUT2D eigenvalue weighted by atomic mass is 10.0. The number of nitriles is 1. The molecule has 90 valence electrons. The van der Waals surface area contributed by atoms with Crippen molar-refractivity contribution in [1.29, 1.82) is 5.26 Å². The molecule has 0 saturated heterocycles. The lowest BCUT2D eigenvalue weighted by Crippen LogP contribution is -2.22. The molecule has 17 heavy (non-hydrogen) atoms. The second kappa shape index (κ2) is 6.48. The molecule has 0 bridgehead atoms. The van der Waals surface area contributed by atoms with Crippen molar-refractivity contribution < 1.29 is 9.90 Å². The number of hydrogen-bond acceptors (Lipinski definition) is 4. The average molecular weight is 233 g/mol. The van der Waals surface area contributed by atoms with Gasteiger partial charge in [0, 0.05) is 6.54 Å². The number of carboxylic acid groups (broad SMARTS) is 1. The summed E-state index contributed by atoms with van der Waals surface area (Å²) in [5.74, 6) is -1.18. The van der Waals surface area contributed by atoms with Crippen molar-refractivity contribution in [2.24, 2.45) is 5.92 Å². The summed E-state index contributed by atoms with van der Waals surface area (Å²) in [6.45, 7) is 2.33. The molecular formula is C12H15N3O2. The Hall–Kier alpha value is -2.09. The minimum Gasteiger partial charge on any atom is -0.481 e. The maximum Gasteiger partial charge on any atom is 0.308 e. The zero-order chi connectivity index (χ0) is 12.7. The van der Waals surface area contributed by atoms with Crippen molar-refractivity contribution in [2.75, 3.05) is 11.9 Å². The van der Waals surface area contributed by atoms with Crippen LogP contribution in [0.4, 0.5) is 5.69 Å². The van der Waals surface area contributed by atoms with Gasteiger partial charge in [0.2, 0.25) is 0 Å². The molecule has 5 heteroatoms. The molecule has 1 aromatic rings. The molecule has 1 atom stereocenters. The lowest BCUT2D eigenvalue weighted by Gasteiger charge is -2.12. The van der Waals surface area contributed by atoms with Gasteiger partial charge in [0.25, 0.3) is 0 Å². The van der Waals surface area contributed by atoms with Gasteiger partial charge in [0.1, 0.15) is 11.8 Å². The molecule has 5 nitrogen and oxygen atoms in total. The highest BCUT2D eigenvalue weighted by Crippen LogP contribution is 2.10. The number of carbonyl (C=O) groups is 1. The van der Waals surface area contributed by atoms with Crippen molar-refractivity contribution >= 4 is 11.7 Å². The van der Waals surface area contributed by atoms with Crippen LogP contribution in [0.5, 0.6) is 0 Å². The quantitative estimate of drug-likeness (QED) is 0.783. The maximum atomic E-state index is 10.9. The predicted molar refractivity (Wildman–Crippen MR) is 63.5 cm³/mol. The van der Waals surface area contributed by atoms with Crippen LogP contribution in [0.25, 0.3) is 0 Å². The Morgan fingerprint density at radius 3 is 2.88 bits per heavy atom. The van der Waals surface area contributed by atoms with Crippen LogP contribution in [0.2, 0.25) is 0 Å². The summed E-state index contributed by atoms with van der Waals surface area (Å²) in [4.78, 5) is 14.8. The van der Waals surface area contributed by atoms with Gasteiger partial charge in [-0.1, -0.05) is 13.3 Å². The highest BCUT2D eigenvalue weighted by Gasteiger charge is 2.15. The Balaban J connectivity index is 2.53. The number of aliphatic carboxylic acids is 1. The molecule has 0 aliphatic rings. The van der Waals surface area contributed by atoms with Crippen LogP contribution in [0.1, 0.15) is 25.5 Å². The van der Waals surface area contributed by atoms with Crippen molar-refractivity contribution in [1.82, 2.24) is 4.98 Å². The third-order valence-electron chi connectivity index (χ3n) is 2.42. The van der Waals surface area contributed by atoms with Crippen LogP contribution in [-0.4, -0.2) is 22.6 Å². The van der Waals surface area contributed by atoms with E-state index in [1.54, 1.807) is 12.1 Å². The van der Waals surface area contributed by atoms with Crippen molar-refractivity contribution in [3.05, 3.63) is 24.0 Å². The van der Waals surface area contributed by atoms with Gasteiger partial charge in [0.05, 0.1) is 17.8 Å². The smallest absolute Gasteiger partial charge is 0.308 e. The molecule has 0 radical (unpaired) electrons. The molecule has 0 amide bonds. The SMILES string of the molecule is CCCC(CNc1ccc(C#N)nc1)C(=O)O. The summed E-state index contributed by atoms with van der Waals surface area (Å²) >= 11 is 0. The average Bonchev–Trinajstić information content (AvgIpc) is 2.34. The summed E-state index contributed by atoms with van der Waals surface area (Å²) in [6.07, 6.45) is 3.01. The van der Waals surface area contributed by atoms with E-state index in [0.29, 0.717) is 18.7 Å². The van der Waals surface area contributed by atoms with Gasteiger partial charge in [-0.15, -0.1) is 0 Å². The molecule has 0 saturated carbocycles. The van der Waals surface area contributed by atoms with E-state index in [-0.39, 0.29) is 0 Å². The number of nitrogens with zero attached hydrogens (tertiary/aromatic N) is 2. The molecule has 1 aromatic heterocycles. The first-order valence-corrected chi connectivity index (χ1v) is 5.50. The van der Waals surface area contributed by atoms with Gasteiger partial charge >= 0.3 is 5.97 Å². The monoisotopic (exact) mass is 233 g/mol. The van der Waals surface area contributed by atoms with Crippen LogP contribution in [-0.2, 0) is 4.79 Å². The molecule has 0 aliphatic carbocycles. The van der Waals surface area contributed by atoms with Gasteiger partial charge in [-0.25, -0.2) is 4.98 Å². The number of aromatic nitrogens is 1. The summed E-state index contributed by atoms with van der Waals surface area (Å²) in [6, 6.07) is 5.24. The lowest BCUT2D eigenvalue weighted by molar-refractivity contribution is -0.141. The number of pyridine rings is 1. The highest BCUT2D eigenvalue weighted by molar-refractivity contribution is 5.70. The Kier molecular flexibility index (Phi) is 4.95. The molecule has 0 aromatic carbocycles. The Morgan fingerprint density at radius 2 is 2.41 bits per heavy atom. The van der Waals surface area contributed by atoms with Crippen LogP contribution >= 0.6 is 0 Å². The number of rotatable bonds is 6. The van der Waals surface area contributed by atoms with E-state index >= 15 is 0 Å². The Bertz CT molecular complexity index is 409. The third kappa shape index (κ3) is 4.11. The van der Waals surface area contributed by atoms with Crippen molar-refractivity contribution in [2.45, 2.75) is 19.8 Å². The van der Waals surface area contributed by atoms with Gasteiger partial charge in [0.15, 0.2) is 0 Å². The van der Waals surface area contributed by atoms with E-state index in [9.17, 15) is 4.79 Å². The highest BCUT2D eigenvalue weighted by atomic mass is 16.4. The second-order valence-electron chi connectivity index (χ2n) is 3.75. The van der Waals surface area contributed by atoms with E-state index in [4.69, 9.17) is 10.4 Å². The molecule has 0 aliphatic heterocycles. The van der Waals surface area contributed by atoms with Gasteiger partial charge in [-0.2, -0.15) is 5.26 Å². The summed E-state index contributed by atoms with van der Waals surface area (Å²) in [5.41, 5.74) is 1.07. The molecule has 1 rings (SSSR count). The van der Waals surface area contributed by atoms with E-state index in [2.05, 4.69) is 10.3 Å². The predicted octanol–water partition coefficient (Wildman–Crippen LogP) is 1.87. The fourth-order valence-corrected chi connectivity index (χ4v) is 1.47.